The smallest absolute Gasteiger partial charge is 0.335 e. The number of nitrogens with zero attached hydrogens (tertiary/aromatic N) is 4. The SMILES string of the molecule is Cn1cc([C@@H](C(=O)O)N2CCN(c3ccccn3)CC2)c2cc(C(=O)O)ccc21. The fourth-order valence-corrected chi connectivity index (χ4v) is 4.01. The molecule has 8 heteroatoms. The largest absolute Gasteiger partial charge is 0.480 e. The number of rotatable bonds is 5. The van der Waals surface area contributed by atoms with Gasteiger partial charge in [-0.15, -0.1) is 0 Å². The Morgan fingerprint density at radius 3 is 2.45 bits per heavy atom. The first-order chi connectivity index (χ1) is 14.0. The summed E-state index contributed by atoms with van der Waals surface area (Å²) in [6.45, 7) is 2.49. The molecule has 0 bridgehead atoms. The van der Waals surface area contributed by atoms with Crippen LogP contribution in [-0.4, -0.2) is 62.8 Å². The maximum absolute atomic E-state index is 12.2. The lowest BCUT2D eigenvalue weighted by Crippen LogP contribution is -2.49. The van der Waals surface area contributed by atoms with Gasteiger partial charge in [-0.05, 0) is 30.3 Å². The van der Waals surface area contributed by atoms with Gasteiger partial charge < -0.3 is 19.7 Å². The van der Waals surface area contributed by atoms with Crippen LogP contribution in [-0.2, 0) is 11.8 Å². The van der Waals surface area contributed by atoms with Crippen molar-refractivity contribution in [1.29, 1.82) is 0 Å². The minimum absolute atomic E-state index is 0.147. The number of carbonyl (C=O) groups is 2. The zero-order chi connectivity index (χ0) is 20.5. The van der Waals surface area contributed by atoms with Crippen LogP contribution < -0.4 is 4.90 Å². The molecule has 3 aromatic rings. The fourth-order valence-electron chi connectivity index (χ4n) is 4.01. The minimum atomic E-state index is -1.03. The Morgan fingerprint density at radius 2 is 1.83 bits per heavy atom. The topological polar surface area (TPSA) is 98.9 Å². The van der Waals surface area contributed by atoms with Gasteiger partial charge in [-0.3, -0.25) is 9.69 Å². The number of hydrogen-bond acceptors (Lipinski definition) is 5. The molecule has 0 radical (unpaired) electrons. The van der Waals surface area contributed by atoms with Crippen LogP contribution in [0.3, 0.4) is 0 Å². The molecule has 0 amide bonds. The molecule has 1 fully saturated rings. The summed E-state index contributed by atoms with van der Waals surface area (Å²) in [6, 6.07) is 9.73. The van der Waals surface area contributed by atoms with Crippen molar-refractivity contribution < 1.29 is 19.8 Å². The van der Waals surface area contributed by atoms with E-state index in [2.05, 4.69) is 9.88 Å². The van der Waals surface area contributed by atoms with Crippen LogP contribution in [0.4, 0.5) is 5.82 Å². The van der Waals surface area contributed by atoms with Crippen LogP contribution >= 0.6 is 0 Å². The van der Waals surface area contributed by atoms with E-state index in [9.17, 15) is 19.8 Å². The van der Waals surface area contributed by atoms with Crippen molar-refractivity contribution in [2.45, 2.75) is 6.04 Å². The van der Waals surface area contributed by atoms with Crippen molar-refractivity contribution in [2.24, 2.45) is 7.05 Å². The number of anilines is 1. The molecule has 0 saturated carbocycles. The molecule has 3 heterocycles. The van der Waals surface area contributed by atoms with Gasteiger partial charge in [0.2, 0.25) is 0 Å². The predicted octanol–water partition coefficient (Wildman–Crippen LogP) is 2.22. The molecule has 1 aromatic carbocycles. The van der Waals surface area contributed by atoms with E-state index in [4.69, 9.17) is 0 Å². The number of aliphatic carboxylic acids is 1. The van der Waals surface area contributed by atoms with Gasteiger partial charge in [-0.25, -0.2) is 9.78 Å². The van der Waals surface area contributed by atoms with E-state index >= 15 is 0 Å². The fraction of sp³-hybridized carbons (Fsp3) is 0.286. The highest BCUT2D eigenvalue weighted by atomic mass is 16.4. The number of pyridine rings is 1. The number of piperazine rings is 1. The molecule has 1 saturated heterocycles. The molecule has 2 N–H and O–H groups in total. The summed E-state index contributed by atoms with van der Waals surface area (Å²) < 4.78 is 1.84. The van der Waals surface area contributed by atoms with E-state index in [1.165, 1.54) is 6.07 Å². The monoisotopic (exact) mass is 394 g/mol. The van der Waals surface area contributed by atoms with Gasteiger partial charge in [0.25, 0.3) is 0 Å². The number of aryl methyl sites for hydroxylation is 1. The Kier molecular flexibility index (Phi) is 4.94. The first-order valence-electron chi connectivity index (χ1n) is 9.41. The van der Waals surface area contributed by atoms with E-state index in [-0.39, 0.29) is 5.56 Å². The second kappa shape index (κ2) is 7.56. The lowest BCUT2D eigenvalue weighted by atomic mass is 10.0. The number of carboxylic acids is 2. The van der Waals surface area contributed by atoms with Crippen molar-refractivity contribution in [3.63, 3.8) is 0 Å². The third kappa shape index (κ3) is 3.54. The number of aromatic carboxylic acids is 1. The number of aromatic nitrogens is 2. The molecule has 1 aliphatic heterocycles. The third-order valence-electron chi connectivity index (χ3n) is 5.45. The van der Waals surface area contributed by atoms with Crippen LogP contribution in [0, 0.1) is 0 Å². The maximum Gasteiger partial charge on any atom is 0.335 e. The molecule has 2 aromatic heterocycles. The van der Waals surface area contributed by atoms with E-state index in [0.717, 1.165) is 11.3 Å². The molecule has 4 rings (SSSR count). The van der Waals surface area contributed by atoms with E-state index in [1.807, 2.05) is 34.7 Å². The molecular weight excluding hydrogens is 372 g/mol. The number of carboxylic acid groups (broad SMARTS) is 2. The summed E-state index contributed by atoms with van der Waals surface area (Å²) in [5.41, 5.74) is 1.57. The molecule has 150 valence electrons. The maximum atomic E-state index is 12.2. The standard InChI is InChI=1S/C21H22N4O4/c1-23-13-16(15-12-14(20(26)27)5-6-17(15)23)19(21(28)29)25-10-8-24(9-11-25)18-4-2-3-7-22-18/h2-7,12-13,19H,8-11H2,1H3,(H,26,27)(H,28,29)/t19-/m0/s1. The van der Waals surface area contributed by atoms with Crippen LogP contribution in [0.15, 0.2) is 48.8 Å². The minimum Gasteiger partial charge on any atom is -0.480 e. The quantitative estimate of drug-likeness (QED) is 0.685. The highest BCUT2D eigenvalue weighted by Crippen LogP contribution is 2.32. The number of benzene rings is 1. The summed E-state index contributed by atoms with van der Waals surface area (Å²) in [6.07, 6.45) is 3.54. The van der Waals surface area contributed by atoms with Gasteiger partial charge in [-0.2, -0.15) is 0 Å². The molecule has 29 heavy (non-hydrogen) atoms. The number of fused-ring (bicyclic) bond motifs is 1. The third-order valence-corrected chi connectivity index (χ3v) is 5.45. The second-order valence-corrected chi connectivity index (χ2v) is 7.18. The number of hydrogen-bond donors (Lipinski definition) is 2. The van der Waals surface area contributed by atoms with Crippen LogP contribution in [0.5, 0.6) is 0 Å². The van der Waals surface area contributed by atoms with Crippen molar-refractivity contribution in [3.05, 3.63) is 59.9 Å². The zero-order valence-corrected chi connectivity index (χ0v) is 16.0. The average molecular weight is 394 g/mol. The van der Waals surface area contributed by atoms with E-state index < -0.39 is 18.0 Å². The van der Waals surface area contributed by atoms with Gasteiger partial charge in [0, 0.05) is 62.1 Å². The summed E-state index contributed by atoms with van der Waals surface area (Å²) in [7, 11) is 1.84. The first-order valence-corrected chi connectivity index (χ1v) is 9.41. The molecule has 0 aliphatic carbocycles. The van der Waals surface area contributed by atoms with Crippen molar-refractivity contribution in [3.8, 4) is 0 Å². The molecular formula is C21H22N4O4. The summed E-state index contributed by atoms with van der Waals surface area (Å²) >= 11 is 0. The highest BCUT2D eigenvalue weighted by molar-refractivity contribution is 5.96. The van der Waals surface area contributed by atoms with Gasteiger partial charge in [0.1, 0.15) is 11.9 Å². The van der Waals surface area contributed by atoms with Crippen LogP contribution in [0.1, 0.15) is 22.0 Å². The Bertz CT molecular complexity index is 1060. The van der Waals surface area contributed by atoms with Gasteiger partial charge in [0.15, 0.2) is 0 Å². The molecule has 0 spiro atoms. The van der Waals surface area contributed by atoms with E-state index in [1.54, 1.807) is 24.5 Å². The average Bonchev–Trinajstić information content (AvgIpc) is 3.05. The van der Waals surface area contributed by atoms with Gasteiger partial charge in [-0.1, -0.05) is 6.07 Å². The molecule has 1 aliphatic rings. The summed E-state index contributed by atoms with van der Waals surface area (Å²) in [4.78, 5) is 32.1. The first kappa shape index (κ1) is 18.9. The van der Waals surface area contributed by atoms with Crippen molar-refractivity contribution in [1.82, 2.24) is 14.5 Å². The highest BCUT2D eigenvalue weighted by Gasteiger charge is 2.33. The normalized spacial score (nSPS) is 16.1. The van der Waals surface area contributed by atoms with E-state index in [0.29, 0.717) is 37.1 Å². The molecule has 8 nitrogen and oxygen atoms in total. The van der Waals surface area contributed by atoms with Crippen LogP contribution in [0.25, 0.3) is 10.9 Å². The Morgan fingerprint density at radius 1 is 1.07 bits per heavy atom. The van der Waals surface area contributed by atoms with Crippen LogP contribution in [0.2, 0.25) is 0 Å². The lowest BCUT2D eigenvalue weighted by Gasteiger charge is -2.38. The van der Waals surface area contributed by atoms with Crippen molar-refractivity contribution >= 4 is 28.7 Å². The Balaban J connectivity index is 1.64. The zero-order valence-electron chi connectivity index (χ0n) is 16.0. The Hall–Kier alpha value is -3.39. The molecule has 0 unspecified atom stereocenters. The predicted molar refractivity (Wildman–Crippen MR) is 108 cm³/mol. The molecule has 1 atom stereocenters. The van der Waals surface area contributed by atoms with Gasteiger partial charge in [0.05, 0.1) is 5.56 Å². The lowest BCUT2D eigenvalue weighted by molar-refractivity contribution is -0.143. The summed E-state index contributed by atoms with van der Waals surface area (Å²) in [5, 5.41) is 20.0. The van der Waals surface area contributed by atoms with Crippen molar-refractivity contribution in [2.75, 3.05) is 31.1 Å². The second-order valence-electron chi connectivity index (χ2n) is 7.18. The summed E-state index contributed by atoms with van der Waals surface area (Å²) in [5.74, 6) is -1.09. The Labute approximate surface area is 167 Å². The van der Waals surface area contributed by atoms with Gasteiger partial charge >= 0.3 is 11.9 Å².